The van der Waals surface area contributed by atoms with E-state index in [1.807, 2.05) is 0 Å². The van der Waals surface area contributed by atoms with E-state index in [1.165, 1.54) is 43.4 Å². The molecule has 7 heteroatoms. The second-order valence-electron chi connectivity index (χ2n) is 5.95. The lowest BCUT2D eigenvalue weighted by atomic mass is 9.90. The van der Waals surface area contributed by atoms with Gasteiger partial charge in [-0.2, -0.15) is 0 Å². The van der Waals surface area contributed by atoms with Crippen LogP contribution in [-0.4, -0.2) is 45.4 Å². The lowest BCUT2D eigenvalue weighted by molar-refractivity contribution is 0.0883. The fourth-order valence-electron chi connectivity index (χ4n) is 3.11. The number of hydrogen-bond donors (Lipinski definition) is 2. The zero-order valence-corrected chi connectivity index (χ0v) is 12.9. The quantitative estimate of drug-likeness (QED) is 0.880. The summed E-state index contributed by atoms with van der Waals surface area (Å²) in [6.07, 6.45) is 7.41. The van der Waals surface area contributed by atoms with Crippen LogP contribution in [0.5, 0.6) is 0 Å². The Morgan fingerprint density at radius 2 is 2.00 bits per heavy atom. The van der Waals surface area contributed by atoms with Crippen LogP contribution in [0.3, 0.4) is 0 Å². The van der Waals surface area contributed by atoms with Crippen LogP contribution in [0.2, 0.25) is 0 Å². The van der Waals surface area contributed by atoms with Crippen molar-refractivity contribution in [1.82, 2.24) is 15.1 Å². The summed E-state index contributed by atoms with van der Waals surface area (Å²) in [6, 6.07) is -0.180. The van der Waals surface area contributed by atoms with Crippen LogP contribution in [0.1, 0.15) is 55.9 Å². The van der Waals surface area contributed by atoms with Crippen LogP contribution in [-0.2, 0) is 0 Å². The van der Waals surface area contributed by atoms with Crippen LogP contribution in [0.25, 0.3) is 0 Å². The molecule has 2 fully saturated rings. The Labute approximate surface area is 128 Å². The number of urea groups is 1. The van der Waals surface area contributed by atoms with Gasteiger partial charge in [0.1, 0.15) is 5.01 Å². The summed E-state index contributed by atoms with van der Waals surface area (Å²) < 4.78 is 0. The van der Waals surface area contributed by atoms with Gasteiger partial charge in [0.05, 0.1) is 6.10 Å². The standard InChI is InChI=1S/C14H22N4O2S/c19-11-7-4-8-18(9-11)14(20)15-13-17-16-12(21-13)10-5-2-1-3-6-10/h10-11,19H,1-9H2,(H,15,17,20)/t11-/m0/s1. The van der Waals surface area contributed by atoms with Crippen molar-refractivity contribution < 1.29 is 9.90 Å². The van der Waals surface area contributed by atoms with E-state index in [4.69, 9.17) is 0 Å². The monoisotopic (exact) mass is 310 g/mol. The number of piperidine rings is 1. The van der Waals surface area contributed by atoms with Gasteiger partial charge in [0.15, 0.2) is 0 Å². The van der Waals surface area contributed by atoms with Gasteiger partial charge in [-0.05, 0) is 25.7 Å². The summed E-state index contributed by atoms with van der Waals surface area (Å²) in [7, 11) is 0. The molecule has 2 amide bonds. The lowest BCUT2D eigenvalue weighted by Crippen LogP contribution is -2.44. The summed E-state index contributed by atoms with van der Waals surface area (Å²) in [5.41, 5.74) is 0. The second-order valence-corrected chi connectivity index (χ2v) is 6.96. The number of aromatic nitrogens is 2. The largest absolute Gasteiger partial charge is 0.391 e. The number of likely N-dealkylation sites (tertiary alicyclic amines) is 1. The summed E-state index contributed by atoms with van der Waals surface area (Å²) in [6.45, 7) is 1.09. The van der Waals surface area contributed by atoms with Crippen LogP contribution in [0, 0.1) is 0 Å². The summed E-state index contributed by atoms with van der Waals surface area (Å²) in [5.74, 6) is 0.513. The van der Waals surface area contributed by atoms with Crippen molar-refractivity contribution in [1.29, 1.82) is 0 Å². The molecule has 21 heavy (non-hydrogen) atoms. The van der Waals surface area contributed by atoms with E-state index in [2.05, 4.69) is 15.5 Å². The van der Waals surface area contributed by atoms with E-state index in [-0.39, 0.29) is 6.03 Å². The molecule has 1 saturated carbocycles. The first-order valence-corrected chi connectivity index (χ1v) is 8.61. The predicted octanol–water partition coefficient (Wildman–Crippen LogP) is 2.57. The van der Waals surface area contributed by atoms with Gasteiger partial charge >= 0.3 is 6.03 Å². The van der Waals surface area contributed by atoms with Gasteiger partial charge in [0.25, 0.3) is 0 Å². The fourth-order valence-corrected chi connectivity index (χ4v) is 4.01. The minimum Gasteiger partial charge on any atom is -0.391 e. The molecule has 1 aromatic heterocycles. The molecule has 2 heterocycles. The minimum absolute atomic E-state index is 0.180. The lowest BCUT2D eigenvalue weighted by Gasteiger charge is -2.29. The van der Waals surface area contributed by atoms with Gasteiger partial charge in [0.2, 0.25) is 5.13 Å². The topological polar surface area (TPSA) is 78.4 Å². The number of aliphatic hydroxyl groups excluding tert-OH is 1. The number of nitrogens with zero attached hydrogens (tertiary/aromatic N) is 3. The Bertz CT molecular complexity index is 487. The maximum absolute atomic E-state index is 12.1. The van der Waals surface area contributed by atoms with E-state index < -0.39 is 6.10 Å². The van der Waals surface area contributed by atoms with Gasteiger partial charge in [-0.3, -0.25) is 5.32 Å². The molecule has 0 unspecified atom stereocenters. The molecule has 6 nitrogen and oxygen atoms in total. The fraction of sp³-hybridized carbons (Fsp3) is 0.786. The zero-order valence-electron chi connectivity index (χ0n) is 12.1. The number of nitrogens with one attached hydrogen (secondary N) is 1. The molecule has 1 aliphatic carbocycles. The molecule has 0 bridgehead atoms. The van der Waals surface area contributed by atoms with Crippen molar-refractivity contribution in [3.63, 3.8) is 0 Å². The van der Waals surface area contributed by atoms with E-state index in [9.17, 15) is 9.90 Å². The number of anilines is 1. The average molecular weight is 310 g/mol. The molecule has 0 radical (unpaired) electrons. The average Bonchev–Trinajstić information content (AvgIpc) is 2.97. The highest BCUT2D eigenvalue weighted by molar-refractivity contribution is 7.15. The van der Waals surface area contributed by atoms with Crippen LogP contribution < -0.4 is 5.32 Å². The molecule has 3 rings (SSSR count). The summed E-state index contributed by atoms with van der Waals surface area (Å²) in [4.78, 5) is 13.8. The Morgan fingerprint density at radius 3 is 2.76 bits per heavy atom. The van der Waals surface area contributed by atoms with Crippen molar-refractivity contribution >= 4 is 22.5 Å². The van der Waals surface area contributed by atoms with Gasteiger partial charge in [-0.1, -0.05) is 30.6 Å². The number of carbonyl (C=O) groups excluding carboxylic acids is 1. The normalized spacial score (nSPS) is 24.0. The van der Waals surface area contributed by atoms with E-state index >= 15 is 0 Å². The molecule has 1 atom stereocenters. The second kappa shape index (κ2) is 6.70. The van der Waals surface area contributed by atoms with Gasteiger partial charge in [-0.25, -0.2) is 4.79 Å². The number of carbonyl (C=O) groups is 1. The van der Waals surface area contributed by atoms with E-state index in [1.54, 1.807) is 4.90 Å². The van der Waals surface area contributed by atoms with Crippen LogP contribution in [0.4, 0.5) is 9.93 Å². The van der Waals surface area contributed by atoms with Crippen molar-refractivity contribution in [2.45, 2.75) is 57.0 Å². The number of β-amino-alcohol motifs (C(OH)–C–C–N with tert-alkyl or cyclic N) is 1. The highest BCUT2D eigenvalue weighted by Gasteiger charge is 2.24. The molecule has 0 aromatic carbocycles. The number of amides is 2. The van der Waals surface area contributed by atoms with Gasteiger partial charge < -0.3 is 10.0 Å². The molecule has 1 saturated heterocycles. The Kier molecular flexibility index (Phi) is 4.70. The van der Waals surface area contributed by atoms with E-state index in [0.717, 1.165) is 17.8 Å². The minimum atomic E-state index is -0.406. The van der Waals surface area contributed by atoms with Crippen molar-refractivity contribution in [3.8, 4) is 0 Å². The van der Waals surface area contributed by atoms with Gasteiger partial charge in [-0.15, -0.1) is 10.2 Å². The smallest absolute Gasteiger partial charge is 0.323 e. The molecule has 1 aliphatic heterocycles. The third kappa shape index (κ3) is 3.71. The third-order valence-corrected chi connectivity index (χ3v) is 5.29. The Hall–Kier alpha value is -1.21. The SMILES string of the molecule is O=C(Nc1nnc(C2CCCCC2)s1)N1CCC[C@H](O)C1. The maximum Gasteiger partial charge on any atom is 0.323 e. The Morgan fingerprint density at radius 1 is 1.19 bits per heavy atom. The first-order valence-electron chi connectivity index (χ1n) is 7.80. The highest BCUT2D eigenvalue weighted by Crippen LogP contribution is 2.35. The number of aliphatic hydroxyl groups is 1. The molecule has 0 spiro atoms. The van der Waals surface area contributed by atoms with Gasteiger partial charge in [0, 0.05) is 19.0 Å². The van der Waals surface area contributed by atoms with E-state index in [0.29, 0.717) is 24.1 Å². The first-order chi connectivity index (χ1) is 10.2. The molecule has 1 aromatic rings. The molecular weight excluding hydrogens is 288 g/mol. The first kappa shape index (κ1) is 14.7. The summed E-state index contributed by atoms with van der Waals surface area (Å²) >= 11 is 1.49. The third-order valence-electron chi connectivity index (χ3n) is 4.29. The van der Waals surface area contributed by atoms with Crippen molar-refractivity contribution in [2.75, 3.05) is 18.4 Å². The van der Waals surface area contributed by atoms with Crippen LogP contribution in [0.15, 0.2) is 0 Å². The van der Waals surface area contributed by atoms with Crippen molar-refractivity contribution in [2.24, 2.45) is 0 Å². The Balaban J connectivity index is 1.57. The molecule has 2 aliphatic rings. The van der Waals surface area contributed by atoms with Crippen LogP contribution >= 0.6 is 11.3 Å². The predicted molar refractivity (Wildman–Crippen MR) is 81.6 cm³/mol. The maximum atomic E-state index is 12.1. The number of hydrogen-bond acceptors (Lipinski definition) is 5. The number of rotatable bonds is 2. The molecule has 116 valence electrons. The summed E-state index contributed by atoms with van der Waals surface area (Å²) in [5, 5.41) is 22.4. The molecular formula is C14H22N4O2S. The van der Waals surface area contributed by atoms with Crippen molar-refractivity contribution in [3.05, 3.63) is 5.01 Å². The zero-order chi connectivity index (χ0) is 14.7. The molecule has 2 N–H and O–H groups in total. The highest BCUT2D eigenvalue weighted by atomic mass is 32.1.